The molecule has 3 heterocycles. The van der Waals surface area contributed by atoms with E-state index in [4.69, 9.17) is 5.26 Å². The first kappa shape index (κ1) is 16.5. The summed E-state index contributed by atoms with van der Waals surface area (Å²) in [4.78, 5) is 10.6. The molecule has 2 aromatic rings. The van der Waals surface area contributed by atoms with Crippen LogP contribution in [0.15, 0.2) is 23.7 Å². The maximum atomic E-state index is 13.9. The lowest BCUT2D eigenvalue weighted by Crippen LogP contribution is -2.38. The molecule has 0 bridgehead atoms. The van der Waals surface area contributed by atoms with Crippen LogP contribution in [0.4, 0.5) is 4.39 Å². The van der Waals surface area contributed by atoms with Crippen molar-refractivity contribution in [3.63, 3.8) is 0 Å². The number of rotatable bonds is 6. The first-order valence-corrected chi connectivity index (χ1v) is 9.27. The highest BCUT2D eigenvalue weighted by atomic mass is 32.1. The van der Waals surface area contributed by atoms with Crippen molar-refractivity contribution < 1.29 is 4.39 Å². The summed E-state index contributed by atoms with van der Waals surface area (Å²) >= 11 is 3.15. The summed E-state index contributed by atoms with van der Waals surface area (Å²) < 4.78 is 13.9. The zero-order valence-corrected chi connectivity index (χ0v) is 14.6. The van der Waals surface area contributed by atoms with E-state index in [0.717, 1.165) is 29.5 Å². The summed E-state index contributed by atoms with van der Waals surface area (Å²) in [6.45, 7) is 2.85. The van der Waals surface area contributed by atoms with E-state index in [1.165, 1.54) is 16.2 Å². The molecule has 0 spiro atoms. The van der Waals surface area contributed by atoms with Crippen LogP contribution >= 0.6 is 22.7 Å². The van der Waals surface area contributed by atoms with E-state index >= 15 is 0 Å². The summed E-state index contributed by atoms with van der Waals surface area (Å²) in [7, 11) is 2.05. The summed E-state index contributed by atoms with van der Waals surface area (Å²) in [6.07, 6.45) is 1.64. The van der Waals surface area contributed by atoms with Gasteiger partial charge in [-0.1, -0.05) is 0 Å². The van der Waals surface area contributed by atoms with Crippen LogP contribution in [-0.4, -0.2) is 47.1 Å². The van der Waals surface area contributed by atoms with E-state index < -0.39 is 6.17 Å². The Balaban J connectivity index is 1.57. The van der Waals surface area contributed by atoms with Gasteiger partial charge in [0, 0.05) is 42.1 Å². The normalized spacial score (nSPS) is 21.8. The van der Waals surface area contributed by atoms with Crippen LogP contribution in [0.5, 0.6) is 0 Å². The summed E-state index contributed by atoms with van der Waals surface area (Å²) in [5.74, 6) is 0. The second-order valence-electron chi connectivity index (χ2n) is 5.92. The number of hydrogen-bond acceptors (Lipinski definition) is 6. The molecule has 1 saturated heterocycles. The predicted molar refractivity (Wildman–Crippen MR) is 91.2 cm³/mol. The number of thiazole rings is 1. The fraction of sp³-hybridized carbons (Fsp3) is 0.500. The maximum Gasteiger partial charge on any atom is 0.114 e. The van der Waals surface area contributed by atoms with Crippen LogP contribution in [0.3, 0.4) is 0 Å². The minimum atomic E-state index is -0.750. The summed E-state index contributed by atoms with van der Waals surface area (Å²) in [5, 5.41) is 11.9. The molecular weight excluding hydrogens is 331 g/mol. The highest BCUT2D eigenvalue weighted by molar-refractivity contribution is 7.12. The number of thiophene rings is 1. The molecule has 122 valence electrons. The number of aromatic nitrogens is 1. The monoisotopic (exact) mass is 350 g/mol. The maximum absolute atomic E-state index is 13.9. The molecule has 0 unspecified atom stereocenters. The van der Waals surface area contributed by atoms with Gasteiger partial charge in [0.15, 0.2) is 0 Å². The Bertz CT molecular complexity index is 664. The standard InChI is InChI=1S/C16H19FN4S2/c1-20(10-15-3-2-14(7-18)23-15)9-13-6-12(17)8-21(13)11-16-19-4-5-22-16/h2-5,12-13H,6,8-11H2,1H3/t12-,13-/m0/s1. The smallest absolute Gasteiger partial charge is 0.114 e. The van der Waals surface area contributed by atoms with E-state index in [1.54, 1.807) is 17.5 Å². The topological polar surface area (TPSA) is 43.2 Å². The van der Waals surface area contributed by atoms with Gasteiger partial charge in [0.1, 0.15) is 22.1 Å². The average molecular weight is 350 g/mol. The van der Waals surface area contributed by atoms with E-state index in [1.807, 2.05) is 17.5 Å². The number of nitriles is 1. The van der Waals surface area contributed by atoms with E-state index in [-0.39, 0.29) is 6.04 Å². The number of likely N-dealkylation sites (N-methyl/N-ethyl adjacent to an activating group) is 1. The van der Waals surface area contributed by atoms with Gasteiger partial charge < -0.3 is 0 Å². The van der Waals surface area contributed by atoms with Crippen molar-refractivity contribution in [2.45, 2.75) is 31.7 Å². The predicted octanol–water partition coefficient (Wildman–Crippen LogP) is 3.12. The number of likely N-dealkylation sites (tertiary alicyclic amines) is 1. The Labute approximate surface area is 143 Å². The van der Waals surface area contributed by atoms with Crippen molar-refractivity contribution in [1.82, 2.24) is 14.8 Å². The molecule has 7 heteroatoms. The van der Waals surface area contributed by atoms with Gasteiger partial charge in [-0.3, -0.25) is 9.80 Å². The zero-order chi connectivity index (χ0) is 16.2. The van der Waals surface area contributed by atoms with Crippen LogP contribution in [0.1, 0.15) is 21.2 Å². The molecule has 2 atom stereocenters. The van der Waals surface area contributed by atoms with Crippen LogP contribution in [-0.2, 0) is 13.1 Å². The molecule has 0 aliphatic carbocycles. The molecule has 1 aliphatic rings. The lowest BCUT2D eigenvalue weighted by molar-refractivity contribution is 0.181. The van der Waals surface area contributed by atoms with Crippen molar-refractivity contribution in [2.75, 3.05) is 20.1 Å². The lowest BCUT2D eigenvalue weighted by atomic mass is 10.2. The minimum Gasteiger partial charge on any atom is -0.300 e. The van der Waals surface area contributed by atoms with Crippen molar-refractivity contribution in [3.05, 3.63) is 38.5 Å². The van der Waals surface area contributed by atoms with Crippen molar-refractivity contribution in [2.24, 2.45) is 0 Å². The number of alkyl halides is 1. The Morgan fingerprint density at radius 3 is 3.09 bits per heavy atom. The van der Waals surface area contributed by atoms with Gasteiger partial charge in [0.25, 0.3) is 0 Å². The van der Waals surface area contributed by atoms with Gasteiger partial charge in [-0.25, -0.2) is 9.37 Å². The highest BCUT2D eigenvalue weighted by Crippen LogP contribution is 2.25. The molecule has 0 N–H and O–H groups in total. The summed E-state index contributed by atoms with van der Waals surface area (Å²) in [6, 6.07) is 6.24. The number of nitrogens with zero attached hydrogens (tertiary/aromatic N) is 4. The van der Waals surface area contributed by atoms with Gasteiger partial charge in [-0.05, 0) is 25.6 Å². The Morgan fingerprint density at radius 2 is 2.39 bits per heavy atom. The SMILES string of the molecule is CN(Cc1ccc(C#N)s1)C[C@@H]1C[C@H](F)CN1Cc1nccs1. The van der Waals surface area contributed by atoms with Gasteiger partial charge in [-0.15, -0.1) is 22.7 Å². The van der Waals surface area contributed by atoms with Crippen molar-refractivity contribution >= 4 is 22.7 Å². The van der Waals surface area contributed by atoms with Crippen molar-refractivity contribution in [1.29, 1.82) is 5.26 Å². The first-order chi connectivity index (χ1) is 11.1. The molecular formula is C16H19FN4S2. The van der Waals surface area contributed by atoms with Crippen molar-refractivity contribution in [3.8, 4) is 6.07 Å². The number of halogens is 1. The Morgan fingerprint density at radius 1 is 1.52 bits per heavy atom. The largest absolute Gasteiger partial charge is 0.300 e. The third-order valence-electron chi connectivity index (χ3n) is 4.02. The third kappa shape index (κ3) is 4.36. The molecule has 23 heavy (non-hydrogen) atoms. The van der Waals surface area contributed by atoms with Crippen LogP contribution in [0, 0.1) is 11.3 Å². The van der Waals surface area contributed by atoms with Gasteiger partial charge >= 0.3 is 0 Å². The summed E-state index contributed by atoms with van der Waals surface area (Å²) in [5.41, 5.74) is 0. The fourth-order valence-corrected chi connectivity index (χ4v) is 4.55. The number of hydrogen-bond donors (Lipinski definition) is 0. The average Bonchev–Trinajstić information content (AvgIpc) is 3.22. The van der Waals surface area contributed by atoms with E-state index in [2.05, 4.69) is 27.9 Å². The fourth-order valence-electron chi connectivity index (χ4n) is 3.02. The molecule has 2 aromatic heterocycles. The van der Waals surface area contributed by atoms with Crippen LogP contribution in [0.25, 0.3) is 0 Å². The second-order valence-corrected chi connectivity index (χ2v) is 8.06. The zero-order valence-electron chi connectivity index (χ0n) is 13.0. The molecule has 0 saturated carbocycles. The lowest BCUT2D eigenvalue weighted by Gasteiger charge is -2.27. The van der Waals surface area contributed by atoms with Gasteiger partial charge in [0.05, 0.1) is 6.54 Å². The second kappa shape index (κ2) is 7.49. The molecule has 0 radical (unpaired) electrons. The van der Waals surface area contributed by atoms with E-state index in [9.17, 15) is 4.39 Å². The highest BCUT2D eigenvalue weighted by Gasteiger charge is 2.33. The van der Waals surface area contributed by atoms with E-state index in [0.29, 0.717) is 13.0 Å². The molecule has 0 amide bonds. The Hall–Kier alpha value is -1.33. The van der Waals surface area contributed by atoms with Crippen LogP contribution < -0.4 is 0 Å². The third-order valence-corrected chi connectivity index (χ3v) is 5.76. The Kier molecular flexibility index (Phi) is 5.38. The quantitative estimate of drug-likeness (QED) is 0.803. The van der Waals surface area contributed by atoms with Crippen LogP contribution in [0.2, 0.25) is 0 Å². The first-order valence-electron chi connectivity index (χ1n) is 7.58. The molecule has 1 aliphatic heterocycles. The molecule has 3 rings (SSSR count). The van der Waals surface area contributed by atoms with Gasteiger partial charge in [-0.2, -0.15) is 5.26 Å². The molecule has 0 aromatic carbocycles. The van der Waals surface area contributed by atoms with Gasteiger partial charge in [0.2, 0.25) is 0 Å². The minimum absolute atomic E-state index is 0.217. The molecule has 1 fully saturated rings. The molecule has 4 nitrogen and oxygen atoms in total.